The minimum Gasteiger partial charge on any atom is -0.340 e. The maximum atomic E-state index is 7.02. The van der Waals surface area contributed by atoms with Crippen LogP contribution in [0.15, 0.2) is 48.5 Å². The molecule has 9 nitrogen and oxygen atoms in total. The number of nitrogens with zero attached hydrogens (tertiary/aromatic N) is 6. The first-order chi connectivity index (χ1) is 22.6. The van der Waals surface area contributed by atoms with Crippen LogP contribution in [0.2, 0.25) is 0 Å². The van der Waals surface area contributed by atoms with Gasteiger partial charge in [-0.15, -0.1) is 5.10 Å². The maximum absolute atomic E-state index is 7.02. The Morgan fingerprint density at radius 2 is 1.46 bits per heavy atom. The minimum absolute atomic E-state index is 0.190. The summed E-state index contributed by atoms with van der Waals surface area (Å²) in [6, 6.07) is 16.9. The second kappa shape index (κ2) is 15.4. The summed E-state index contributed by atoms with van der Waals surface area (Å²) in [6.45, 7) is 7.56. The van der Waals surface area contributed by atoms with Gasteiger partial charge in [-0.3, -0.25) is 0 Å². The lowest BCUT2D eigenvalue weighted by molar-refractivity contribution is -0.300. The van der Waals surface area contributed by atoms with Crippen LogP contribution in [-0.2, 0) is 28.2 Å². The van der Waals surface area contributed by atoms with Crippen molar-refractivity contribution in [2.24, 2.45) is 5.92 Å². The van der Waals surface area contributed by atoms with E-state index in [2.05, 4.69) is 76.4 Å². The fourth-order valence-electron chi connectivity index (χ4n) is 7.17. The van der Waals surface area contributed by atoms with Crippen molar-refractivity contribution < 1.29 is 9.47 Å². The van der Waals surface area contributed by atoms with Crippen molar-refractivity contribution in [1.82, 2.24) is 35.4 Å². The molecule has 2 heterocycles. The molecule has 2 aliphatic carbocycles. The number of aromatic amines is 1. The molecule has 0 radical (unpaired) electrons. The fraction of sp³-hybridized carbons (Fsp3) is 0.595. The molecular weight excluding hydrogens is 574 g/mol. The molecule has 0 spiro atoms. The topological polar surface area (TPSA) is 104 Å². The van der Waals surface area contributed by atoms with Crippen LogP contribution in [-0.4, -0.2) is 47.6 Å². The lowest BCUT2D eigenvalue weighted by atomic mass is 9.96. The third-order valence-electron chi connectivity index (χ3n) is 10.1. The Labute approximate surface area is 273 Å². The summed E-state index contributed by atoms with van der Waals surface area (Å²) in [5.74, 6) is 1.96. The van der Waals surface area contributed by atoms with Crippen molar-refractivity contribution in [3.63, 3.8) is 0 Å². The standard InChI is InChI=1S/C37H51N7O2/c1-4-27(5-2)26-44-34(25-28-21-23-29(24-22-28)32-19-13-14-20-33(32)35-39-42-43-40-35)38-36(41-44)37(6-3,45-30-15-9-7-10-16-30)46-31-17-11-8-12-18-31/h13-14,19-24,27,30-31H,4-12,15-18,25-26H2,1-3H3,(H,39,40,42,43). The molecule has 0 amide bonds. The van der Waals surface area contributed by atoms with E-state index in [1.807, 2.05) is 18.2 Å². The van der Waals surface area contributed by atoms with Crippen molar-refractivity contribution in [3.05, 3.63) is 65.7 Å². The summed E-state index contributed by atoms with van der Waals surface area (Å²) in [6.07, 6.45) is 15.7. The normalized spacial score (nSPS) is 16.8. The van der Waals surface area contributed by atoms with Gasteiger partial charge in [0.15, 0.2) is 5.82 Å². The smallest absolute Gasteiger partial charge is 0.232 e. The monoisotopic (exact) mass is 625 g/mol. The second-order valence-electron chi connectivity index (χ2n) is 13.2. The molecule has 2 aromatic carbocycles. The molecule has 6 rings (SSSR count). The maximum Gasteiger partial charge on any atom is 0.232 e. The molecule has 2 fully saturated rings. The largest absolute Gasteiger partial charge is 0.340 e. The molecule has 0 unspecified atom stereocenters. The number of tetrazole rings is 1. The molecule has 2 saturated carbocycles. The van der Waals surface area contributed by atoms with Gasteiger partial charge in [-0.05, 0) is 58.7 Å². The zero-order valence-corrected chi connectivity index (χ0v) is 28.0. The van der Waals surface area contributed by atoms with E-state index in [1.165, 1.54) is 44.1 Å². The molecule has 46 heavy (non-hydrogen) atoms. The molecule has 4 aromatic rings. The van der Waals surface area contributed by atoms with Gasteiger partial charge in [0.05, 0.1) is 12.2 Å². The summed E-state index contributed by atoms with van der Waals surface area (Å²) in [7, 11) is 0. The van der Waals surface area contributed by atoms with Crippen LogP contribution in [0.3, 0.4) is 0 Å². The first-order valence-corrected chi connectivity index (χ1v) is 17.8. The Balaban J connectivity index is 1.31. The highest BCUT2D eigenvalue weighted by molar-refractivity contribution is 5.80. The number of hydrogen-bond donors (Lipinski definition) is 1. The molecule has 0 saturated heterocycles. The van der Waals surface area contributed by atoms with Crippen molar-refractivity contribution in [2.75, 3.05) is 0 Å². The number of hydrogen-bond acceptors (Lipinski definition) is 7. The molecule has 0 atom stereocenters. The zero-order chi connectivity index (χ0) is 31.8. The van der Waals surface area contributed by atoms with Crippen molar-refractivity contribution >= 4 is 0 Å². The summed E-state index contributed by atoms with van der Waals surface area (Å²) in [4.78, 5) is 5.31. The van der Waals surface area contributed by atoms with Crippen molar-refractivity contribution in [3.8, 4) is 22.5 Å². The van der Waals surface area contributed by atoms with E-state index in [4.69, 9.17) is 19.6 Å². The molecule has 2 aliphatic rings. The molecule has 246 valence electrons. The number of aromatic nitrogens is 7. The highest BCUT2D eigenvalue weighted by atomic mass is 16.7. The summed E-state index contributed by atoms with van der Waals surface area (Å²) < 4.78 is 16.2. The first kappa shape index (κ1) is 32.5. The number of benzene rings is 2. The lowest BCUT2D eigenvalue weighted by Crippen LogP contribution is -2.42. The van der Waals surface area contributed by atoms with Crippen molar-refractivity contribution in [1.29, 1.82) is 0 Å². The van der Waals surface area contributed by atoms with Gasteiger partial charge in [-0.1, -0.05) is 121 Å². The Bertz CT molecular complexity index is 1460. The van der Waals surface area contributed by atoms with Gasteiger partial charge in [-0.25, -0.2) is 14.8 Å². The van der Waals surface area contributed by atoms with Gasteiger partial charge in [0.25, 0.3) is 0 Å². The molecule has 0 bridgehead atoms. The molecule has 0 aliphatic heterocycles. The first-order valence-electron chi connectivity index (χ1n) is 17.8. The SMILES string of the molecule is CCC(CC)Cn1nc(C(CC)(OC2CCCCC2)OC2CCCCC2)nc1Cc1ccc(-c2ccccc2-c2nnn[nH]2)cc1. The van der Waals surface area contributed by atoms with Crippen LogP contribution in [0.25, 0.3) is 22.5 Å². The van der Waals surface area contributed by atoms with Crippen LogP contribution in [0.4, 0.5) is 0 Å². The van der Waals surface area contributed by atoms with Gasteiger partial charge in [0.2, 0.25) is 11.6 Å². The van der Waals surface area contributed by atoms with E-state index in [0.29, 0.717) is 30.4 Å². The third-order valence-corrected chi connectivity index (χ3v) is 10.1. The van der Waals surface area contributed by atoms with Gasteiger partial charge in [0.1, 0.15) is 5.82 Å². The predicted octanol–water partition coefficient (Wildman–Crippen LogP) is 8.41. The van der Waals surface area contributed by atoms with Crippen LogP contribution in [0.5, 0.6) is 0 Å². The van der Waals surface area contributed by atoms with E-state index in [9.17, 15) is 0 Å². The van der Waals surface area contributed by atoms with E-state index < -0.39 is 5.79 Å². The number of ether oxygens (including phenoxy) is 2. The van der Waals surface area contributed by atoms with Crippen LogP contribution in [0, 0.1) is 5.92 Å². The van der Waals surface area contributed by atoms with E-state index in [0.717, 1.165) is 67.6 Å². The minimum atomic E-state index is -0.916. The number of nitrogens with one attached hydrogen (secondary N) is 1. The van der Waals surface area contributed by atoms with E-state index in [-0.39, 0.29) is 12.2 Å². The number of rotatable bonds is 14. The zero-order valence-electron chi connectivity index (χ0n) is 28.0. The second-order valence-corrected chi connectivity index (χ2v) is 13.2. The molecule has 2 aromatic heterocycles. The average molecular weight is 626 g/mol. The lowest BCUT2D eigenvalue weighted by Gasteiger charge is -2.39. The van der Waals surface area contributed by atoms with Crippen molar-refractivity contribution in [2.45, 2.75) is 135 Å². The van der Waals surface area contributed by atoms with Crippen LogP contribution >= 0.6 is 0 Å². The quantitative estimate of drug-likeness (QED) is 0.140. The van der Waals surface area contributed by atoms with Gasteiger partial charge in [-0.2, -0.15) is 5.10 Å². The Hall–Kier alpha value is -3.43. The van der Waals surface area contributed by atoms with E-state index in [1.54, 1.807) is 0 Å². The highest BCUT2D eigenvalue weighted by Gasteiger charge is 2.43. The Morgan fingerprint density at radius 1 is 0.826 bits per heavy atom. The van der Waals surface area contributed by atoms with Gasteiger partial charge in [0, 0.05) is 24.9 Å². The predicted molar refractivity (Wildman–Crippen MR) is 180 cm³/mol. The summed E-state index contributed by atoms with van der Waals surface area (Å²) >= 11 is 0. The molecule has 1 N–H and O–H groups in total. The Kier molecular flexibility index (Phi) is 10.9. The fourth-order valence-corrected chi connectivity index (χ4v) is 7.17. The molecule has 9 heteroatoms. The average Bonchev–Trinajstić information content (AvgIpc) is 3.79. The van der Waals surface area contributed by atoms with Crippen LogP contribution < -0.4 is 0 Å². The van der Waals surface area contributed by atoms with Gasteiger partial charge < -0.3 is 9.47 Å². The van der Waals surface area contributed by atoms with E-state index >= 15 is 0 Å². The summed E-state index contributed by atoms with van der Waals surface area (Å²) in [5.41, 5.74) is 4.36. The van der Waals surface area contributed by atoms with Crippen LogP contribution in [0.1, 0.15) is 121 Å². The molecular formula is C37H51N7O2. The number of H-pyrrole nitrogens is 1. The Morgan fingerprint density at radius 3 is 2.02 bits per heavy atom. The summed E-state index contributed by atoms with van der Waals surface area (Å²) in [5, 5.41) is 19.8. The third kappa shape index (κ3) is 7.58. The highest BCUT2D eigenvalue weighted by Crippen LogP contribution is 2.38. The van der Waals surface area contributed by atoms with Gasteiger partial charge >= 0.3 is 0 Å².